The van der Waals surface area contributed by atoms with Gasteiger partial charge in [-0.15, -0.1) is 0 Å². The second kappa shape index (κ2) is 7.11. The maximum absolute atomic E-state index is 6.23. The molecule has 0 atom stereocenters. The fraction of sp³-hybridized carbons (Fsp3) is 0.357. The van der Waals surface area contributed by atoms with Gasteiger partial charge in [-0.2, -0.15) is 0 Å². The first kappa shape index (κ1) is 16.1. The molecule has 0 saturated heterocycles. The molecule has 0 amide bonds. The van der Waals surface area contributed by atoms with Crippen LogP contribution in [0.4, 0.5) is 0 Å². The summed E-state index contributed by atoms with van der Waals surface area (Å²) in [6.45, 7) is 5.54. The zero-order valence-corrected chi connectivity index (χ0v) is 14.9. The van der Waals surface area contributed by atoms with E-state index in [0.717, 1.165) is 21.3 Å². The van der Waals surface area contributed by atoms with Crippen LogP contribution < -0.4 is 10.1 Å². The van der Waals surface area contributed by atoms with Gasteiger partial charge < -0.3 is 10.1 Å². The lowest BCUT2D eigenvalue weighted by Crippen LogP contribution is -2.27. The third-order valence-electron chi connectivity index (χ3n) is 2.71. The van der Waals surface area contributed by atoms with Crippen molar-refractivity contribution in [3.8, 4) is 5.75 Å². The van der Waals surface area contributed by atoms with Gasteiger partial charge in [-0.05, 0) is 40.8 Å². The van der Waals surface area contributed by atoms with Gasteiger partial charge in [-0.25, -0.2) is 4.98 Å². The van der Waals surface area contributed by atoms with Gasteiger partial charge in [0.05, 0.1) is 8.59 Å². The molecule has 6 heteroatoms. The molecule has 1 aromatic carbocycles. The van der Waals surface area contributed by atoms with Crippen molar-refractivity contribution in [2.45, 2.75) is 19.9 Å². The summed E-state index contributed by atoms with van der Waals surface area (Å²) in [4.78, 5) is 4.34. The molecule has 108 valence electrons. The molecule has 0 aliphatic carbocycles. The second-order valence-corrected chi connectivity index (χ2v) is 6.61. The summed E-state index contributed by atoms with van der Waals surface area (Å²) in [7, 11) is 0. The van der Waals surface area contributed by atoms with E-state index in [1.807, 2.05) is 12.1 Å². The molecule has 0 radical (unpaired) electrons. The van der Waals surface area contributed by atoms with Gasteiger partial charge in [0.1, 0.15) is 17.3 Å². The molecule has 20 heavy (non-hydrogen) atoms. The standard InChI is InChI=1S/C14H15Cl2IN2O/c1-8(2)18-5-6-20-14-11(17)7-10(15)9-3-4-12(16)19-13(9)14/h3-4,7-8,18H,5-6H2,1-2H3. The van der Waals surface area contributed by atoms with Crippen LogP contribution in [0.1, 0.15) is 13.8 Å². The fourth-order valence-corrected chi connectivity index (χ4v) is 3.12. The summed E-state index contributed by atoms with van der Waals surface area (Å²) in [5.41, 5.74) is 0.707. The van der Waals surface area contributed by atoms with Crippen LogP contribution in [0.5, 0.6) is 5.75 Å². The fourth-order valence-electron chi connectivity index (χ4n) is 1.81. The van der Waals surface area contributed by atoms with Crippen LogP contribution in [0, 0.1) is 3.57 Å². The second-order valence-electron chi connectivity index (χ2n) is 4.66. The van der Waals surface area contributed by atoms with E-state index in [2.05, 4.69) is 46.7 Å². The molecule has 2 aromatic rings. The highest BCUT2D eigenvalue weighted by Gasteiger charge is 2.13. The molecular formula is C14H15Cl2IN2O. The lowest BCUT2D eigenvalue weighted by atomic mass is 10.2. The van der Waals surface area contributed by atoms with Crippen molar-refractivity contribution in [3.63, 3.8) is 0 Å². The minimum Gasteiger partial charge on any atom is -0.489 e. The highest BCUT2D eigenvalue weighted by Crippen LogP contribution is 2.35. The van der Waals surface area contributed by atoms with Crippen LogP contribution in [-0.4, -0.2) is 24.2 Å². The summed E-state index contributed by atoms with van der Waals surface area (Å²) in [5, 5.41) is 5.24. The van der Waals surface area contributed by atoms with E-state index in [1.54, 1.807) is 6.07 Å². The molecule has 0 aliphatic rings. The molecule has 1 N–H and O–H groups in total. The van der Waals surface area contributed by atoms with Gasteiger partial charge in [0.2, 0.25) is 0 Å². The van der Waals surface area contributed by atoms with E-state index in [0.29, 0.717) is 28.3 Å². The molecule has 1 heterocycles. The summed E-state index contributed by atoms with van der Waals surface area (Å²) in [6.07, 6.45) is 0. The summed E-state index contributed by atoms with van der Waals surface area (Å²) in [5.74, 6) is 0.734. The van der Waals surface area contributed by atoms with Crippen LogP contribution in [0.2, 0.25) is 10.2 Å². The van der Waals surface area contributed by atoms with Crippen LogP contribution >= 0.6 is 45.8 Å². The van der Waals surface area contributed by atoms with E-state index < -0.39 is 0 Å². The first-order valence-electron chi connectivity index (χ1n) is 6.29. The van der Waals surface area contributed by atoms with Crippen molar-refractivity contribution >= 4 is 56.7 Å². The number of aromatic nitrogens is 1. The minimum absolute atomic E-state index is 0.431. The molecule has 0 saturated carbocycles. The summed E-state index contributed by atoms with van der Waals surface area (Å²) in [6, 6.07) is 5.91. The molecule has 0 unspecified atom stereocenters. The number of rotatable bonds is 5. The Kier molecular flexibility index (Phi) is 5.72. The third kappa shape index (κ3) is 3.87. The normalized spacial score (nSPS) is 11.3. The number of ether oxygens (including phenoxy) is 1. The monoisotopic (exact) mass is 424 g/mol. The SMILES string of the molecule is CC(C)NCCOc1c(I)cc(Cl)c2ccc(Cl)nc12. The van der Waals surface area contributed by atoms with Gasteiger partial charge in [-0.3, -0.25) is 0 Å². The minimum atomic E-state index is 0.431. The van der Waals surface area contributed by atoms with Crippen LogP contribution in [0.3, 0.4) is 0 Å². The van der Waals surface area contributed by atoms with E-state index in [-0.39, 0.29) is 0 Å². The first-order valence-corrected chi connectivity index (χ1v) is 8.13. The molecule has 3 nitrogen and oxygen atoms in total. The number of pyridine rings is 1. The van der Waals surface area contributed by atoms with Crippen molar-refractivity contribution in [1.29, 1.82) is 0 Å². The molecule has 2 rings (SSSR count). The van der Waals surface area contributed by atoms with Crippen LogP contribution in [0.15, 0.2) is 18.2 Å². The number of hydrogen-bond donors (Lipinski definition) is 1. The molecule has 0 bridgehead atoms. The van der Waals surface area contributed by atoms with E-state index in [1.165, 1.54) is 0 Å². The number of halogens is 3. The number of benzene rings is 1. The zero-order chi connectivity index (χ0) is 14.7. The Bertz CT molecular complexity index is 620. The number of hydrogen-bond acceptors (Lipinski definition) is 3. The Labute approximate surface area is 142 Å². The van der Waals surface area contributed by atoms with Crippen molar-refractivity contribution in [2.75, 3.05) is 13.2 Å². The largest absolute Gasteiger partial charge is 0.489 e. The topological polar surface area (TPSA) is 34.1 Å². The number of nitrogens with one attached hydrogen (secondary N) is 1. The van der Waals surface area contributed by atoms with Gasteiger partial charge in [0.15, 0.2) is 5.75 Å². The Morgan fingerprint density at radius 1 is 1.35 bits per heavy atom. The van der Waals surface area contributed by atoms with Gasteiger partial charge >= 0.3 is 0 Å². The first-order chi connectivity index (χ1) is 9.49. The Hall–Kier alpha value is -0.300. The maximum atomic E-state index is 6.23. The highest BCUT2D eigenvalue weighted by atomic mass is 127. The third-order valence-corrected chi connectivity index (χ3v) is 4.03. The smallest absolute Gasteiger partial charge is 0.159 e. The maximum Gasteiger partial charge on any atom is 0.159 e. The van der Waals surface area contributed by atoms with Crippen LogP contribution in [-0.2, 0) is 0 Å². The molecule has 0 fully saturated rings. The van der Waals surface area contributed by atoms with Gasteiger partial charge in [0.25, 0.3) is 0 Å². The Balaban J connectivity index is 2.29. The van der Waals surface area contributed by atoms with E-state index in [4.69, 9.17) is 27.9 Å². The van der Waals surface area contributed by atoms with E-state index >= 15 is 0 Å². The van der Waals surface area contributed by atoms with Crippen LogP contribution in [0.25, 0.3) is 10.9 Å². The average molecular weight is 425 g/mol. The molecule has 1 aromatic heterocycles. The Morgan fingerprint density at radius 2 is 2.10 bits per heavy atom. The van der Waals surface area contributed by atoms with Crippen molar-refractivity contribution in [3.05, 3.63) is 31.9 Å². The van der Waals surface area contributed by atoms with E-state index in [9.17, 15) is 0 Å². The quantitative estimate of drug-likeness (QED) is 0.435. The number of fused-ring (bicyclic) bond motifs is 1. The lowest BCUT2D eigenvalue weighted by molar-refractivity contribution is 0.310. The summed E-state index contributed by atoms with van der Waals surface area (Å²) >= 11 is 14.4. The summed E-state index contributed by atoms with van der Waals surface area (Å²) < 4.78 is 6.79. The molecule has 0 aliphatic heterocycles. The van der Waals surface area contributed by atoms with Crippen molar-refractivity contribution in [2.24, 2.45) is 0 Å². The predicted molar refractivity (Wildman–Crippen MR) is 93.1 cm³/mol. The molecular weight excluding hydrogens is 410 g/mol. The Morgan fingerprint density at radius 3 is 2.80 bits per heavy atom. The van der Waals surface area contributed by atoms with Gasteiger partial charge in [0, 0.05) is 18.0 Å². The highest BCUT2D eigenvalue weighted by molar-refractivity contribution is 14.1. The molecule has 0 spiro atoms. The van der Waals surface area contributed by atoms with Crippen molar-refractivity contribution in [1.82, 2.24) is 10.3 Å². The average Bonchev–Trinajstić information content (AvgIpc) is 2.36. The predicted octanol–water partition coefficient (Wildman–Crippen LogP) is 4.52. The lowest BCUT2D eigenvalue weighted by Gasteiger charge is -2.13. The van der Waals surface area contributed by atoms with Gasteiger partial charge in [-0.1, -0.05) is 37.0 Å². The number of nitrogens with zero attached hydrogens (tertiary/aromatic N) is 1. The van der Waals surface area contributed by atoms with Crippen molar-refractivity contribution < 1.29 is 4.74 Å². The zero-order valence-electron chi connectivity index (χ0n) is 11.2.